The van der Waals surface area contributed by atoms with E-state index in [4.69, 9.17) is 5.11 Å². The van der Waals surface area contributed by atoms with Crippen LogP contribution in [0.2, 0.25) is 0 Å². The Kier molecular flexibility index (Phi) is 4.27. The van der Waals surface area contributed by atoms with Gasteiger partial charge in [-0.3, -0.25) is 4.79 Å². The zero-order valence-electron chi connectivity index (χ0n) is 8.84. The molecular formula is C12H12O4. The normalized spacial score (nSPS) is 10.3. The zero-order valence-corrected chi connectivity index (χ0v) is 8.84. The lowest BCUT2D eigenvalue weighted by atomic mass is 10.1. The highest BCUT2D eigenvalue weighted by Crippen LogP contribution is 2.07. The smallest absolute Gasteiger partial charge is 0.328 e. The number of benzene rings is 1. The summed E-state index contributed by atoms with van der Waals surface area (Å²) in [5.74, 6) is -1.28. The molecule has 0 heterocycles. The zero-order chi connectivity index (χ0) is 12.0. The summed E-state index contributed by atoms with van der Waals surface area (Å²) in [6.07, 6.45) is 2.78. The first kappa shape index (κ1) is 12.0. The molecule has 0 amide bonds. The van der Waals surface area contributed by atoms with Gasteiger partial charge in [0, 0.05) is 6.08 Å². The lowest BCUT2D eigenvalue weighted by Gasteiger charge is -2.00. The molecule has 0 radical (unpaired) electrons. The van der Waals surface area contributed by atoms with Crippen molar-refractivity contribution in [3.63, 3.8) is 0 Å². The molecule has 1 aromatic rings. The van der Waals surface area contributed by atoms with Gasteiger partial charge in [-0.15, -0.1) is 0 Å². The highest BCUT2D eigenvalue weighted by Gasteiger charge is 2.01. The van der Waals surface area contributed by atoms with Gasteiger partial charge in [-0.2, -0.15) is 0 Å². The fourth-order valence-electron chi connectivity index (χ4n) is 1.15. The number of carboxylic acids is 1. The Morgan fingerprint density at radius 1 is 1.31 bits per heavy atom. The molecule has 0 bridgehead atoms. The third-order valence-corrected chi connectivity index (χ3v) is 1.97. The molecule has 0 saturated carbocycles. The van der Waals surface area contributed by atoms with E-state index in [0.717, 1.165) is 17.2 Å². The van der Waals surface area contributed by atoms with E-state index in [0.29, 0.717) is 0 Å². The highest BCUT2D eigenvalue weighted by atomic mass is 16.5. The molecule has 4 heteroatoms. The van der Waals surface area contributed by atoms with Crippen LogP contribution in [0.25, 0.3) is 6.08 Å². The maximum absolute atomic E-state index is 11.0. The van der Waals surface area contributed by atoms with Crippen molar-refractivity contribution in [3.05, 3.63) is 41.5 Å². The number of rotatable bonds is 4. The first-order chi connectivity index (χ1) is 7.61. The molecule has 0 atom stereocenters. The van der Waals surface area contributed by atoms with E-state index in [-0.39, 0.29) is 12.4 Å². The summed E-state index contributed by atoms with van der Waals surface area (Å²) in [5, 5.41) is 8.43. The van der Waals surface area contributed by atoms with E-state index in [1.54, 1.807) is 24.3 Å². The summed E-state index contributed by atoms with van der Waals surface area (Å²) < 4.78 is 4.53. The molecule has 0 spiro atoms. The Labute approximate surface area is 93.2 Å². The van der Waals surface area contributed by atoms with Gasteiger partial charge in [0.2, 0.25) is 0 Å². The van der Waals surface area contributed by atoms with Gasteiger partial charge >= 0.3 is 11.9 Å². The minimum atomic E-state index is -0.987. The number of hydrogen-bond acceptors (Lipinski definition) is 3. The van der Waals surface area contributed by atoms with E-state index in [1.807, 2.05) is 0 Å². The molecule has 0 unspecified atom stereocenters. The molecular weight excluding hydrogens is 208 g/mol. The van der Waals surface area contributed by atoms with E-state index >= 15 is 0 Å². The van der Waals surface area contributed by atoms with Crippen LogP contribution >= 0.6 is 0 Å². The van der Waals surface area contributed by atoms with Crippen molar-refractivity contribution in [2.24, 2.45) is 0 Å². The molecule has 0 saturated heterocycles. The van der Waals surface area contributed by atoms with Crippen LogP contribution in [-0.2, 0) is 20.7 Å². The monoisotopic (exact) mass is 220 g/mol. The summed E-state index contributed by atoms with van der Waals surface area (Å²) in [4.78, 5) is 21.2. The fourth-order valence-corrected chi connectivity index (χ4v) is 1.15. The van der Waals surface area contributed by atoms with Gasteiger partial charge in [0.05, 0.1) is 13.5 Å². The molecule has 0 aliphatic carbocycles. The quantitative estimate of drug-likeness (QED) is 0.617. The van der Waals surface area contributed by atoms with Crippen LogP contribution < -0.4 is 0 Å². The van der Waals surface area contributed by atoms with Gasteiger partial charge in [-0.25, -0.2) is 4.79 Å². The second-order valence-corrected chi connectivity index (χ2v) is 3.17. The Morgan fingerprint density at radius 2 is 1.94 bits per heavy atom. The van der Waals surface area contributed by atoms with E-state index < -0.39 is 5.97 Å². The third-order valence-electron chi connectivity index (χ3n) is 1.97. The van der Waals surface area contributed by atoms with Crippen LogP contribution in [0.4, 0.5) is 0 Å². The SMILES string of the molecule is COC(=O)Cc1ccc(/C=C/C(=O)O)cc1. The van der Waals surface area contributed by atoms with Crippen LogP contribution in [-0.4, -0.2) is 24.2 Å². The molecule has 84 valence electrons. The predicted molar refractivity (Wildman–Crippen MR) is 58.8 cm³/mol. The lowest BCUT2D eigenvalue weighted by Crippen LogP contribution is -2.04. The largest absolute Gasteiger partial charge is 0.478 e. The molecule has 1 N–H and O–H groups in total. The molecule has 0 aromatic heterocycles. The summed E-state index contributed by atoms with van der Waals surface area (Å²) in [6.45, 7) is 0. The lowest BCUT2D eigenvalue weighted by molar-refractivity contribution is -0.139. The van der Waals surface area contributed by atoms with Gasteiger partial charge in [0.25, 0.3) is 0 Å². The number of hydrogen-bond donors (Lipinski definition) is 1. The molecule has 0 aliphatic heterocycles. The van der Waals surface area contributed by atoms with Crippen LogP contribution in [0.1, 0.15) is 11.1 Å². The predicted octanol–water partition coefficient (Wildman–Crippen LogP) is 1.50. The van der Waals surface area contributed by atoms with Crippen LogP contribution in [0.15, 0.2) is 30.3 Å². The second kappa shape index (κ2) is 5.70. The summed E-state index contributed by atoms with van der Waals surface area (Å²) in [6, 6.07) is 7.02. The average Bonchev–Trinajstić information content (AvgIpc) is 2.28. The molecule has 16 heavy (non-hydrogen) atoms. The number of carbonyl (C=O) groups excluding carboxylic acids is 1. The van der Waals surface area contributed by atoms with Crippen molar-refractivity contribution in [1.29, 1.82) is 0 Å². The van der Waals surface area contributed by atoms with E-state index in [9.17, 15) is 9.59 Å². The molecule has 1 rings (SSSR count). The minimum Gasteiger partial charge on any atom is -0.478 e. The Morgan fingerprint density at radius 3 is 2.44 bits per heavy atom. The summed E-state index contributed by atoms with van der Waals surface area (Å²) in [5.41, 5.74) is 1.61. The number of carbonyl (C=O) groups is 2. The van der Waals surface area contributed by atoms with Gasteiger partial charge in [0.1, 0.15) is 0 Å². The summed E-state index contributed by atoms with van der Waals surface area (Å²) >= 11 is 0. The van der Waals surface area contributed by atoms with Crippen molar-refractivity contribution in [3.8, 4) is 0 Å². The van der Waals surface area contributed by atoms with Crippen molar-refractivity contribution in [2.45, 2.75) is 6.42 Å². The van der Waals surface area contributed by atoms with Crippen molar-refractivity contribution >= 4 is 18.0 Å². The standard InChI is InChI=1S/C12H12O4/c1-16-12(15)8-10-4-2-9(3-5-10)6-7-11(13)14/h2-7H,8H2,1H3,(H,13,14)/b7-6+. The fraction of sp³-hybridized carbons (Fsp3) is 0.167. The third kappa shape index (κ3) is 3.96. The first-order valence-corrected chi connectivity index (χ1v) is 4.68. The van der Waals surface area contributed by atoms with Crippen molar-refractivity contribution < 1.29 is 19.4 Å². The van der Waals surface area contributed by atoms with Crippen LogP contribution in [0, 0.1) is 0 Å². The van der Waals surface area contributed by atoms with E-state index in [2.05, 4.69) is 4.74 Å². The molecule has 4 nitrogen and oxygen atoms in total. The van der Waals surface area contributed by atoms with Crippen LogP contribution in [0.3, 0.4) is 0 Å². The summed E-state index contributed by atoms with van der Waals surface area (Å²) in [7, 11) is 1.34. The maximum atomic E-state index is 11.0. The Bertz CT molecular complexity index is 404. The minimum absolute atomic E-state index is 0.222. The molecule has 1 aromatic carbocycles. The molecule has 0 fully saturated rings. The van der Waals surface area contributed by atoms with Crippen molar-refractivity contribution in [2.75, 3.05) is 7.11 Å². The van der Waals surface area contributed by atoms with Gasteiger partial charge in [-0.1, -0.05) is 24.3 Å². The van der Waals surface area contributed by atoms with E-state index in [1.165, 1.54) is 13.2 Å². The van der Waals surface area contributed by atoms with Crippen LogP contribution in [0.5, 0.6) is 0 Å². The maximum Gasteiger partial charge on any atom is 0.328 e. The van der Waals surface area contributed by atoms with Gasteiger partial charge in [-0.05, 0) is 17.2 Å². The average molecular weight is 220 g/mol. The number of ether oxygens (including phenoxy) is 1. The molecule has 0 aliphatic rings. The Hall–Kier alpha value is -2.10. The number of methoxy groups -OCH3 is 1. The number of carboxylic acid groups (broad SMARTS) is 1. The van der Waals surface area contributed by atoms with Crippen molar-refractivity contribution in [1.82, 2.24) is 0 Å². The highest BCUT2D eigenvalue weighted by molar-refractivity contribution is 5.85. The number of aliphatic carboxylic acids is 1. The first-order valence-electron chi connectivity index (χ1n) is 4.68. The topological polar surface area (TPSA) is 63.6 Å². The van der Waals surface area contributed by atoms with Gasteiger partial charge < -0.3 is 9.84 Å². The number of esters is 1. The second-order valence-electron chi connectivity index (χ2n) is 3.17. The Balaban J connectivity index is 2.68. The van der Waals surface area contributed by atoms with Gasteiger partial charge in [0.15, 0.2) is 0 Å².